The summed E-state index contributed by atoms with van der Waals surface area (Å²) in [7, 11) is 3.17. The van der Waals surface area contributed by atoms with Crippen LogP contribution in [0.2, 0.25) is 0 Å². The molecule has 0 spiro atoms. The lowest BCUT2D eigenvalue weighted by Gasteiger charge is -2.42. The molecule has 39 nitrogen and oxygen atoms in total. The number of methoxy groups -OCH3 is 2. The van der Waals surface area contributed by atoms with Gasteiger partial charge in [-0.05, 0) is 132 Å². The van der Waals surface area contributed by atoms with Crippen molar-refractivity contribution in [3.63, 3.8) is 0 Å². The number of cyclic esters (lactones) is 1. The Hall–Kier alpha value is -10.9. The number of aliphatic hydroxyl groups excluding tert-OH is 2. The van der Waals surface area contributed by atoms with Crippen molar-refractivity contribution >= 4 is 86.9 Å². The number of esters is 1. The summed E-state index contributed by atoms with van der Waals surface area (Å²) in [6.07, 6.45) is 20.2. The molecule has 6 aromatic heterocycles. The number of amides is 3. The molecule has 130 heavy (non-hydrogen) atoms. The number of carbonyl (C=O) groups is 7. The highest BCUT2D eigenvalue weighted by Crippen LogP contribution is 2.40. The number of carbonyl (C=O) groups excluding carboxylic acids is 7. The maximum absolute atomic E-state index is 14.8. The molecule has 7 aromatic rings. The second-order valence-corrected chi connectivity index (χ2v) is 34.4. The number of aromatic nitrogens is 12. The predicted molar refractivity (Wildman–Crippen MR) is 479 cm³/mol. The third-order valence-electron chi connectivity index (χ3n) is 25.0. The van der Waals surface area contributed by atoms with Gasteiger partial charge >= 0.3 is 5.97 Å². The molecule has 1 saturated carbocycles. The van der Waals surface area contributed by atoms with E-state index in [4.69, 9.17) is 74.6 Å². The van der Waals surface area contributed by atoms with Crippen LogP contribution in [0.4, 0.5) is 23.7 Å². The van der Waals surface area contributed by atoms with Gasteiger partial charge in [0.15, 0.2) is 17.0 Å². The van der Waals surface area contributed by atoms with Crippen molar-refractivity contribution in [1.29, 1.82) is 0 Å². The van der Waals surface area contributed by atoms with Gasteiger partial charge in [-0.25, -0.2) is 44.1 Å². The highest BCUT2D eigenvalue weighted by Gasteiger charge is 2.53. The van der Waals surface area contributed by atoms with Crippen LogP contribution in [0.25, 0.3) is 44.6 Å². The Balaban J connectivity index is 0.543. The fourth-order valence-corrected chi connectivity index (χ4v) is 17.3. The number of aliphatic hydroxyl groups is 3. The molecule has 12 rings (SSSR count). The molecule has 15 atom stereocenters. The lowest BCUT2D eigenvalue weighted by Crippen LogP contribution is -2.61. The van der Waals surface area contributed by atoms with Crippen LogP contribution in [0.3, 0.4) is 0 Å². The molecule has 0 unspecified atom stereocenters. The smallest absolute Gasteiger partial charge is 0.329 e. The Bertz CT molecular complexity index is 5070. The molecule has 1 aromatic carbocycles. The van der Waals surface area contributed by atoms with E-state index >= 15 is 0 Å². The zero-order chi connectivity index (χ0) is 92.5. The van der Waals surface area contributed by atoms with E-state index in [0.717, 1.165) is 22.5 Å². The second kappa shape index (κ2) is 47.3. The maximum atomic E-state index is 14.8. The summed E-state index contributed by atoms with van der Waals surface area (Å²) >= 11 is 0. The SMILES string of the molecule is CO[C@H]1C[C@@H]2CC[C@@H](C)[C@@](O)(O2)C(=O)C(=O)N2CCCC[C@H]2C(=O)O[C@H]([C@H](N)C[C@@H]2CC[C@H](n3cc(-c4cnc(N5CCN(c6ncc(C(=O)NCCOCCOCCOCCOCCC(=O)NCCCCn7nc(-c8ccc9oc(N)nc9c8)c8c(N)ncnc87)cn6)CC5)nc4)nn3)[C@H](OC)C2)CC(=O)[C@H](C)/C=C(\C)[C@@H](O)[C@@H](O)C(=O)[C@H](C)C[C@H](C)/C=C/C=CC=C1C. The van der Waals surface area contributed by atoms with Crippen LogP contribution < -0.4 is 37.6 Å². The molecule has 2 bridgehead atoms. The largest absolute Gasteiger partial charge is 0.459 e. The molecule has 3 saturated heterocycles. The van der Waals surface area contributed by atoms with Crippen LogP contribution in [0.1, 0.15) is 154 Å². The highest BCUT2D eigenvalue weighted by atomic mass is 16.6. The topological polar surface area (TPSA) is 518 Å². The molecule has 704 valence electrons. The number of hydrogen-bond donors (Lipinski definition) is 8. The van der Waals surface area contributed by atoms with Crippen LogP contribution in [0.15, 0.2) is 108 Å². The molecule has 4 fully saturated rings. The van der Waals surface area contributed by atoms with Crippen molar-refractivity contribution in [3.05, 3.63) is 109 Å². The van der Waals surface area contributed by atoms with Gasteiger partial charge in [0.2, 0.25) is 23.6 Å². The fourth-order valence-electron chi connectivity index (χ4n) is 17.3. The lowest BCUT2D eigenvalue weighted by molar-refractivity contribution is -0.265. The zero-order valence-corrected chi connectivity index (χ0v) is 75.5. The van der Waals surface area contributed by atoms with Gasteiger partial charge in [0.1, 0.15) is 59.2 Å². The molecule has 11 N–H and O–H groups in total. The van der Waals surface area contributed by atoms with Crippen molar-refractivity contribution in [3.8, 4) is 22.5 Å². The van der Waals surface area contributed by atoms with Crippen LogP contribution in [-0.2, 0) is 73.2 Å². The Morgan fingerprint density at radius 1 is 0.723 bits per heavy atom. The van der Waals surface area contributed by atoms with E-state index < -0.39 is 95.4 Å². The third-order valence-corrected chi connectivity index (χ3v) is 25.0. The van der Waals surface area contributed by atoms with Gasteiger partial charge in [-0.3, -0.25) is 28.8 Å². The summed E-state index contributed by atoms with van der Waals surface area (Å²) in [4.78, 5) is 134. The van der Waals surface area contributed by atoms with Gasteiger partial charge in [-0.1, -0.05) is 69.4 Å². The first kappa shape index (κ1) is 98.2. The van der Waals surface area contributed by atoms with Gasteiger partial charge in [0.05, 0.1) is 94.4 Å². The second-order valence-electron chi connectivity index (χ2n) is 34.4. The van der Waals surface area contributed by atoms with Crippen molar-refractivity contribution in [2.24, 2.45) is 35.3 Å². The summed E-state index contributed by atoms with van der Waals surface area (Å²) < 4.78 is 56.0. The third kappa shape index (κ3) is 25.9. The number of benzene rings is 1. The average Bonchev–Trinajstić information content (AvgIpc) is 1.12. The quantitative estimate of drug-likeness (QED) is 0.0104. The minimum Gasteiger partial charge on any atom is -0.459 e. The molecule has 3 amide bonds. The van der Waals surface area contributed by atoms with Crippen molar-refractivity contribution in [2.45, 2.75) is 205 Å². The predicted octanol–water partition coefficient (Wildman–Crippen LogP) is 6.16. The standard InChI is InChI=1S/C91H126N20O19/c1-55-16-10-9-11-17-56(2)73(122-7)47-65-22-19-60(6)91(121,130-65)82(117)86(119)109-28-14-12-18-70(109)87(120)128-74(48-71(112)57(3)43-59(5)80(115)81(116)79(114)58(4)42-55)66(92)44-61-20-23-69(75(45-61)123-8)111-53-68(104-106-111)63-49-97-89(98-50-63)107-30-32-108(33-31-107)90-99-51-64(52-100-90)85(118)96-27-35-125-37-39-127-41-40-126-38-36-124-34-25-76(113)95-26-13-15-29-110-84-77(83(93)101-54-102-84)78(105-110)62-21-24-72-67(46-62)103-88(94)129-72/h9-11,16-17,21,24,43,46,49-55,57-58,60-61,65-66,69-70,73-75,80-81,115-116,121H,12-15,18-20,22-23,25-42,44-45,47-48,92H2,1-8H3,(H2,94,103)(H,95,113)(H,96,118)(H2,93,101,102)/b11-9?,16-10+,56-17?,59-43+/t55-,57-,58-,60-,61+,65+,66-,69+,70+,73+,74+,75-,80-,81+,91-/m1/s1. The van der Waals surface area contributed by atoms with Crippen molar-refractivity contribution in [1.82, 2.24) is 75.2 Å². The van der Waals surface area contributed by atoms with E-state index in [0.29, 0.717) is 199 Å². The van der Waals surface area contributed by atoms with Gasteiger partial charge in [0, 0.05) is 146 Å². The summed E-state index contributed by atoms with van der Waals surface area (Å²) in [5, 5.41) is 55.1. The van der Waals surface area contributed by atoms with Gasteiger partial charge in [0.25, 0.3) is 23.6 Å². The summed E-state index contributed by atoms with van der Waals surface area (Å²) in [6.45, 7) is 16.5. The number of rotatable bonds is 31. The minimum absolute atomic E-state index is 0.00638. The number of allylic oxidation sites excluding steroid dienone is 6. The monoisotopic (exact) mass is 1800 g/mol. The normalized spacial score (nSPS) is 26.2. The highest BCUT2D eigenvalue weighted by molar-refractivity contribution is 6.39. The molecular formula is C91H126N20O19. The molecule has 5 aliphatic rings. The van der Waals surface area contributed by atoms with E-state index in [9.17, 15) is 48.9 Å². The average molecular weight is 1800 g/mol. The van der Waals surface area contributed by atoms with E-state index in [-0.39, 0.29) is 106 Å². The van der Waals surface area contributed by atoms with Gasteiger partial charge in [-0.15, -0.1) is 5.10 Å². The summed E-state index contributed by atoms with van der Waals surface area (Å²) in [5.74, 6) is -8.26. The maximum Gasteiger partial charge on any atom is 0.329 e. The first-order valence-electron chi connectivity index (χ1n) is 45.1. The number of aryl methyl sites for hydroxylation is 1. The Morgan fingerprint density at radius 3 is 2.13 bits per heavy atom. The van der Waals surface area contributed by atoms with Crippen LogP contribution in [0, 0.1) is 29.6 Å². The number of unbranched alkanes of at least 4 members (excludes halogenated alkanes) is 1. The first-order valence-corrected chi connectivity index (χ1v) is 45.1. The molecule has 0 radical (unpaired) electrons. The lowest BCUT2D eigenvalue weighted by atomic mass is 9.79. The molecule has 4 aliphatic heterocycles. The Labute approximate surface area is 755 Å². The summed E-state index contributed by atoms with van der Waals surface area (Å²) in [6, 6.07) is 3.10. The van der Waals surface area contributed by atoms with E-state index in [1.54, 1.807) is 62.8 Å². The molecular weight excluding hydrogens is 1680 g/mol. The van der Waals surface area contributed by atoms with Crippen LogP contribution in [-0.4, -0.2) is 288 Å². The number of piperazine rings is 1. The Kier molecular flexibility index (Phi) is 35.7. The van der Waals surface area contributed by atoms with Crippen molar-refractivity contribution in [2.75, 3.05) is 134 Å². The molecule has 1 aliphatic carbocycles. The number of anilines is 4. The van der Waals surface area contributed by atoms with Crippen molar-refractivity contribution < 1.29 is 91.2 Å². The van der Waals surface area contributed by atoms with E-state index in [2.05, 4.69) is 50.8 Å². The zero-order valence-electron chi connectivity index (χ0n) is 75.5. The molecule has 10 heterocycles. The first-order chi connectivity index (χ1) is 62.7. The minimum atomic E-state index is -2.51. The Morgan fingerprint density at radius 2 is 1.42 bits per heavy atom. The number of ketones is 3. The number of nitrogen functional groups attached to an aromatic ring is 2. The van der Waals surface area contributed by atoms with E-state index in [1.165, 1.54) is 31.7 Å². The number of piperidine rings is 1. The fraction of sp³-hybridized carbons (Fsp3) is 0.593. The number of nitrogens with one attached hydrogen (secondary N) is 2. The number of nitrogens with zero attached hydrogens (tertiary/aromatic N) is 15. The van der Waals surface area contributed by atoms with Gasteiger partial charge < -0.3 is 100 Å². The van der Waals surface area contributed by atoms with Crippen LogP contribution in [0.5, 0.6) is 0 Å². The number of nitrogens with two attached hydrogens (primary N) is 3. The number of Topliss-reactive ketones (excluding diaryl/α,β-unsaturated/α-hetero) is 3. The van der Waals surface area contributed by atoms with Gasteiger partial charge in [-0.2, -0.15) is 10.1 Å². The summed E-state index contributed by atoms with van der Waals surface area (Å²) in [5.41, 5.74) is 24.9. The number of hydrogen-bond acceptors (Lipinski definition) is 34. The van der Waals surface area contributed by atoms with E-state index in [1.807, 2.05) is 67.5 Å². The molecule has 39 heteroatoms. The number of fused-ring (bicyclic) bond motifs is 5. The number of oxazole rings is 1. The van der Waals surface area contributed by atoms with Crippen LogP contribution >= 0.6 is 0 Å². The number of ether oxygens (including phenoxy) is 8.